The Morgan fingerprint density at radius 1 is 1.40 bits per heavy atom. The summed E-state index contributed by atoms with van der Waals surface area (Å²) in [6, 6.07) is -0.308. The van der Waals surface area contributed by atoms with Gasteiger partial charge >= 0.3 is 0 Å². The van der Waals surface area contributed by atoms with Gasteiger partial charge in [-0.25, -0.2) is 0 Å². The number of nitrogens with one attached hydrogen (secondary N) is 1. The molecule has 2 aliphatic rings. The predicted octanol–water partition coefficient (Wildman–Crippen LogP) is 1.63. The molecule has 0 aliphatic carbocycles. The third-order valence-electron chi connectivity index (χ3n) is 3.50. The number of hydrogen-bond acceptors (Lipinski definition) is 5. The Labute approximate surface area is 124 Å². The molecule has 1 fully saturated rings. The highest BCUT2D eigenvalue weighted by Gasteiger charge is 2.34. The van der Waals surface area contributed by atoms with Gasteiger partial charge in [-0.3, -0.25) is 19.5 Å². The molecule has 2 amide bonds. The summed E-state index contributed by atoms with van der Waals surface area (Å²) >= 11 is 1.72. The molecular weight excluding hydrogens is 274 g/mol. The van der Waals surface area contributed by atoms with Gasteiger partial charge in [0.25, 0.3) is 5.91 Å². The van der Waals surface area contributed by atoms with Gasteiger partial charge in [0.1, 0.15) is 6.04 Å². The maximum Gasteiger partial charge on any atom is 0.251 e. The van der Waals surface area contributed by atoms with E-state index >= 15 is 0 Å². The molecule has 1 N–H and O–H groups in total. The van der Waals surface area contributed by atoms with Gasteiger partial charge in [0.15, 0.2) is 5.17 Å². The number of thioether (sulfide) groups is 1. The molecule has 5 nitrogen and oxygen atoms in total. The van der Waals surface area contributed by atoms with E-state index < -0.39 is 0 Å². The monoisotopic (exact) mass is 297 g/mol. The van der Waals surface area contributed by atoms with E-state index in [0.717, 1.165) is 18.1 Å². The smallest absolute Gasteiger partial charge is 0.251 e. The molecule has 0 saturated carbocycles. The topological polar surface area (TPSA) is 61.8 Å². The van der Waals surface area contributed by atoms with E-state index in [1.165, 1.54) is 4.90 Å². The molecule has 0 spiro atoms. The molecule has 20 heavy (non-hydrogen) atoms. The summed E-state index contributed by atoms with van der Waals surface area (Å²) in [6.45, 7) is 7.48. The van der Waals surface area contributed by atoms with Crippen LogP contribution < -0.4 is 5.32 Å². The van der Waals surface area contributed by atoms with E-state index in [4.69, 9.17) is 0 Å². The van der Waals surface area contributed by atoms with Crippen LogP contribution in [-0.2, 0) is 9.59 Å². The van der Waals surface area contributed by atoms with Crippen molar-refractivity contribution in [3.05, 3.63) is 0 Å². The molecule has 112 valence electrons. The molecule has 2 atom stereocenters. The number of likely N-dealkylation sites (tertiary alicyclic amines) is 1. The number of likely N-dealkylation sites (N-methyl/N-ethyl adjacent to an activating group) is 1. The Morgan fingerprint density at radius 3 is 2.75 bits per heavy atom. The van der Waals surface area contributed by atoms with Crippen molar-refractivity contribution < 1.29 is 9.59 Å². The first-order chi connectivity index (χ1) is 9.26. The summed E-state index contributed by atoms with van der Waals surface area (Å²) in [5, 5.41) is 4.53. The van der Waals surface area contributed by atoms with Gasteiger partial charge in [0, 0.05) is 18.7 Å². The second-order valence-corrected chi connectivity index (χ2v) is 7.97. The van der Waals surface area contributed by atoms with Crippen molar-refractivity contribution in [3.8, 4) is 0 Å². The van der Waals surface area contributed by atoms with Crippen molar-refractivity contribution in [3.63, 3.8) is 0 Å². The average molecular weight is 297 g/mol. The number of amidine groups is 1. The number of aliphatic imine (C=N–C) groups is 1. The van der Waals surface area contributed by atoms with Crippen molar-refractivity contribution in [1.29, 1.82) is 0 Å². The first-order valence-corrected chi connectivity index (χ1v) is 7.92. The third-order valence-corrected chi connectivity index (χ3v) is 4.62. The maximum atomic E-state index is 12.0. The standard InChI is InChI=1S/C14H23N3O2S/c1-14(2,3)7-9-8-15-13(20-9)16-10-5-6-11(18)17(4)12(10)19/h9-10H,5-8H2,1-4H3,(H,15,16). The second-order valence-electron chi connectivity index (χ2n) is 6.68. The molecule has 0 aromatic rings. The number of imide groups is 1. The average Bonchev–Trinajstić information content (AvgIpc) is 2.75. The SMILES string of the molecule is CN1C(=O)CCC(NC2=NCC(CC(C)(C)C)S2)C1=O. The molecule has 6 heteroatoms. The van der Waals surface area contributed by atoms with Crippen LogP contribution in [0.3, 0.4) is 0 Å². The Morgan fingerprint density at radius 2 is 2.10 bits per heavy atom. The van der Waals surface area contributed by atoms with Gasteiger partial charge < -0.3 is 5.32 Å². The lowest BCUT2D eigenvalue weighted by atomic mass is 9.90. The molecule has 0 aromatic heterocycles. The van der Waals surface area contributed by atoms with Crippen LogP contribution in [0.15, 0.2) is 4.99 Å². The van der Waals surface area contributed by atoms with Crippen LogP contribution in [-0.4, -0.2) is 46.8 Å². The molecular formula is C14H23N3O2S. The molecule has 0 aromatic carbocycles. The zero-order chi connectivity index (χ0) is 14.9. The van der Waals surface area contributed by atoms with Crippen LogP contribution in [0.25, 0.3) is 0 Å². The maximum absolute atomic E-state index is 12.0. The minimum absolute atomic E-state index is 0.0975. The van der Waals surface area contributed by atoms with Crippen LogP contribution in [0.1, 0.15) is 40.0 Å². The highest BCUT2D eigenvalue weighted by atomic mass is 32.2. The highest BCUT2D eigenvalue weighted by molar-refractivity contribution is 8.14. The van der Waals surface area contributed by atoms with Crippen LogP contribution >= 0.6 is 11.8 Å². The van der Waals surface area contributed by atoms with E-state index in [1.807, 2.05) is 0 Å². The van der Waals surface area contributed by atoms with Gasteiger partial charge in [0.2, 0.25) is 5.91 Å². The predicted molar refractivity (Wildman–Crippen MR) is 81.7 cm³/mol. The van der Waals surface area contributed by atoms with Gasteiger partial charge in [-0.05, 0) is 18.3 Å². The fraction of sp³-hybridized carbons (Fsp3) is 0.786. The van der Waals surface area contributed by atoms with Gasteiger partial charge in [0.05, 0.1) is 6.54 Å². The first kappa shape index (κ1) is 15.4. The fourth-order valence-electron chi connectivity index (χ4n) is 2.48. The minimum atomic E-state index is -0.308. The third kappa shape index (κ3) is 3.75. The summed E-state index contributed by atoms with van der Waals surface area (Å²) < 4.78 is 0. The summed E-state index contributed by atoms with van der Waals surface area (Å²) in [6.07, 6.45) is 2.08. The van der Waals surface area contributed by atoms with Gasteiger partial charge in [-0.15, -0.1) is 0 Å². The summed E-state index contributed by atoms with van der Waals surface area (Å²) in [4.78, 5) is 29.2. The lowest BCUT2D eigenvalue weighted by molar-refractivity contribution is -0.147. The minimum Gasteiger partial charge on any atom is -0.353 e. The van der Waals surface area contributed by atoms with Gasteiger partial charge in [-0.2, -0.15) is 0 Å². The fourth-order valence-corrected chi connectivity index (χ4v) is 3.89. The quantitative estimate of drug-likeness (QED) is 0.787. The zero-order valence-corrected chi connectivity index (χ0v) is 13.4. The molecule has 0 bridgehead atoms. The summed E-state index contributed by atoms with van der Waals surface area (Å²) in [5.41, 5.74) is 0.288. The molecule has 2 rings (SSSR count). The Balaban J connectivity index is 1.86. The summed E-state index contributed by atoms with van der Waals surface area (Å²) in [7, 11) is 1.55. The summed E-state index contributed by atoms with van der Waals surface area (Å²) in [5.74, 6) is -0.247. The van der Waals surface area contributed by atoms with E-state index in [9.17, 15) is 9.59 Å². The lowest BCUT2D eigenvalue weighted by Gasteiger charge is -2.28. The van der Waals surface area contributed by atoms with Crippen LogP contribution in [0, 0.1) is 5.41 Å². The Bertz CT molecular complexity index is 442. The molecule has 2 aliphatic heterocycles. The van der Waals surface area contributed by atoms with Crippen LogP contribution in [0.5, 0.6) is 0 Å². The van der Waals surface area contributed by atoms with Crippen LogP contribution in [0.2, 0.25) is 0 Å². The largest absolute Gasteiger partial charge is 0.353 e. The van der Waals surface area contributed by atoms with Crippen molar-refractivity contribution in [1.82, 2.24) is 10.2 Å². The van der Waals surface area contributed by atoms with Crippen molar-refractivity contribution in [2.75, 3.05) is 13.6 Å². The lowest BCUT2D eigenvalue weighted by Crippen LogP contribution is -2.52. The number of hydrogen-bond donors (Lipinski definition) is 1. The second kappa shape index (κ2) is 5.76. The van der Waals surface area contributed by atoms with E-state index in [-0.39, 0.29) is 23.3 Å². The van der Waals surface area contributed by atoms with E-state index in [0.29, 0.717) is 18.1 Å². The van der Waals surface area contributed by atoms with Gasteiger partial charge in [-0.1, -0.05) is 32.5 Å². The van der Waals surface area contributed by atoms with Crippen LogP contribution in [0.4, 0.5) is 0 Å². The van der Waals surface area contributed by atoms with Crippen molar-refractivity contribution in [2.45, 2.75) is 51.3 Å². The van der Waals surface area contributed by atoms with E-state index in [2.05, 4.69) is 31.1 Å². The molecule has 0 radical (unpaired) electrons. The Kier molecular flexibility index (Phi) is 4.42. The van der Waals surface area contributed by atoms with Crippen molar-refractivity contribution >= 4 is 28.7 Å². The number of nitrogens with zero attached hydrogens (tertiary/aromatic N) is 2. The Hall–Kier alpha value is -1.04. The highest BCUT2D eigenvalue weighted by Crippen LogP contribution is 2.31. The normalized spacial score (nSPS) is 27.8. The number of carbonyl (C=O) groups is 2. The number of carbonyl (C=O) groups excluding carboxylic acids is 2. The molecule has 2 unspecified atom stereocenters. The van der Waals surface area contributed by atoms with E-state index in [1.54, 1.807) is 18.8 Å². The van der Waals surface area contributed by atoms with Crippen molar-refractivity contribution in [2.24, 2.45) is 10.4 Å². The number of piperidine rings is 1. The molecule has 1 saturated heterocycles. The first-order valence-electron chi connectivity index (χ1n) is 7.04. The molecule has 2 heterocycles. The number of amides is 2. The zero-order valence-electron chi connectivity index (χ0n) is 12.6. The number of rotatable bonds is 2.